The van der Waals surface area contributed by atoms with E-state index in [0.717, 1.165) is 32.2 Å². The van der Waals surface area contributed by atoms with Crippen molar-refractivity contribution in [1.29, 1.82) is 0 Å². The highest BCUT2D eigenvalue weighted by molar-refractivity contribution is 5.75. The Morgan fingerprint density at radius 2 is 2.07 bits per heavy atom. The highest BCUT2D eigenvalue weighted by atomic mass is 16.5. The SMILES string of the molecule is COC(=O)C(C)NCC1CCC(O)CC1. The Kier molecular flexibility index (Phi) is 5.05. The van der Waals surface area contributed by atoms with Crippen LogP contribution in [0.2, 0.25) is 0 Å². The lowest BCUT2D eigenvalue weighted by atomic mass is 9.87. The van der Waals surface area contributed by atoms with E-state index in [9.17, 15) is 9.90 Å². The topological polar surface area (TPSA) is 58.6 Å². The first kappa shape index (κ1) is 12.5. The van der Waals surface area contributed by atoms with Gasteiger partial charge in [0, 0.05) is 0 Å². The van der Waals surface area contributed by atoms with E-state index in [1.54, 1.807) is 0 Å². The maximum atomic E-state index is 11.1. The van der Waals surface area contributed by atoms with Gasteiger partial charge in [-0.3, -0.25) is 4.79 Å². The van der Waals surface area contributed by atoms with E-state index in [1.807, 2.05) is 6.92 Å². The van der Waals surface area contributed by atoms with E-state index >= 15 is 0 Å². The Bertz CT molecular complexity index is 200. The van der Waals surface area contributed by atoms with Crippen molar-refractivity contribution >= 4 is 5.97 Å². The summed E-state index contributed by atoms with van der Waals surface area (Å²) in [6, 6.07) is -0.234. The third-order valence-electron chi connectivity index (χ3n) is 3.08. The largest absolute Gasteiger partial charge is 0.468 e. The number of aliphatic hydroxyl groups excluding tert-OH is 1. The number of nitrogens with one attached hydrogen (secondary N) is 1. The molecule has 0 aliphatic heterocycles. The number of hydrogen-bond donors (Lipinski definition) is 2. The highest BCUT2D eigenvalue weighted by Crippen LogP contribution is 2.23. The van der Waals surface area contributed by atoms with Crippen molar-refractivity contribution in [2.24, 2.45) is 5.92 Å². The van der Waals surface area contributed by atoms with Crippen LogP contribution in [0.25, 0.3) is 0 Å². The van der Waals surface area contributed by atoms with Gasteiger partial charge in [0.1, 0.15) is 6.04 Å². The summed E-state index contributed by atoms with van der Waals surface area (Å²) in [6.45, 7) is 2.65. The second-order valence-electron chi connectivity index (χ2n) is 4.33. The van der Waals surface area contributed by atoms with Gasteiger partial charge in [-0.2, -0.15) is 0 Å². The molecule has 1 rings (SSSR count). The zero-order valence-corrected chi connectivity index (χ0v) is 9.53. The predicted molar refractivity (Wildman–Crippen MR) is 57.4 cm³/mol. The van der Waals surface area contributed by atoms with Crippen LogP contribution in [0.4, 0.5) is 0 Å². The lowest BCUT2D eigenvalue weighted by Gasteiger charge is -2.26. The second-order valence-corrected chi connectivity index (χ2v) is 4.33. The lowest BCUT2D eigenvalue weighted by molar-refractivity contribution is -0.142. The van der Waals surface area contributed by atoms with Gasteiger partial charge in [-0.15, -0.1) is 0 Å². The average molecular weight is 215 g/mol. The van der Waals surface area contributed by atoms with E-state index in [0.29, 0.717) is 5.92 Å². The minimum absolute atomic E-state index is 0.112. The monoisotopic (exact) mass is 215 g/mol. The normalized spacial score (nSPS) is 28.5. The summed E-state index contributed by atoms with van der Waals surface area (Å²) < 4.78 is 4.63. The van der Waals surface area contributed by atoms with Gasteiger partial charge >= 0.3 is 5.97 Å². The minimum atomic E-state index is -0.234. The number of esters is 1. The molecule has 15 heavy (non-hydrogen) atoms. The van der Waals surface area contributed by atoms with E-state index in [4.69, 9.17) is 0 Å². The van der Waals surface area contributed by atoms with Crippen LogP contribution in [-0.2, 0) is 9.53 Å². The van der Waals surface area contributed by atoms with E-state index < -0.39 is 0 Å². The number of carbonyl (C=O) groups is 1. The summed E-state index contributed by atoms with van der Waals surface area (Å²) in [5, 5.41) is 12.5. The standard InChI is InChI=1S/C11H21NO3/c1-8(11(14)15-2)12-7-9-3-5-10(13)6-4-9/h8-10,12-13H,3-7H2,1-2H3. The molecule has 1 aliphatic carbocycles. The first-order valence-electron chi connectivity index (χ1n) is 5.62. The zero-order chi connectivity index (χ0) is 11.3. The van der Waals surface area contributed by atoms with Crippen LogP contribution in [0.3, 0.4) is 0 Å². The van der Waals surface area contributed by atoms with Crippen LogP contribution in [-0.4, -0.2) is 36.9 Å². The number of methoxy groups -OCH3 is 1. The van der Waals surface area contributed by atoms with Gasteiger partial charge in [0.05, 0.1) is 13.2 Å². The van der Waals surface area contributed by atoms with Crippen molar-refractivity contribution in [2.45, 2.75) is 44.8 Å². The van der Waals surface area contributed by atoms with Gasteiger partial charge in [-0.1, -0.05) is 0 Å². The fourth-order valence-electron chi connectivity index (χ4n) is 1.95. The van der Waals surface area contributed by atoms with Crippen LogP contribution in [0.5, 0.6) is 0 Å². The molecule has 0 aromatic rings. The molecule has 1 aliphatic rings. The van der Waals surface area contributed by atoms with Crippen LogP contribution >= 0.6 is 0 Å². The van der Waals surface area contributed by atoms with E-state index in [-0.39, 0.29) is 18.1 Å². The van der Waals surface area contributed by atoms with Crippen LogP contribution in [0.1, 0.15) is 32.6 Å². The molecule has 0 aromatic heterocycles. The van der Waals surface area contributed by atoms with Crippen molar-refractivity contribution in [1.82, 2.24) is 5.32 Å². The van der Waals surface area contributed by atoms with Crippen molar-refractivity contribution in [2.75, 3.05) is 13.7 Å². The Balaban J connectivity index is 2.17. The summed E-state index contributed by atoms with van der Waals surface area (Å²) in [5.74, 6) is 0.367. The second kappa shape index (κ2) is 6.08. The fourth-order valence-corrected chi connectivity index (χ4v) is 1.95. The van der Waals surface area contributed by atoms with Crippen LogP contribution in [0.15, 0.2) is 0 Å². The van der Waals surface area contributed by atoms with Gasteiger partial charge in [0.2, 0.25) is 0 Å². The van der Waals surface area contributed by atoms with Gasteiger partial charge in [-0.05, 0) is 45.1 Å². The zero-order valence-electron chi connectivity index (χ0n) is 9.53. The Hall–Kier alpha value is -0.610. The number of carbonyl (C=O) groups excluding carboxylic acids is 1. The number of ether oxygens (including phenoxy) is 1. The number of hydrogen-bond acceptors (Lipinski definition) is 4. The molecule has 88 valence electrons. The van der Waals surface area contributed by atoms with Gasteiger partial charge in [0.25, 0.3) is 0 Å². The molecule has 0 aromatic carbocycles. The summed E-state index contributed by atoms with van der Waals surface area (Å²) >= 11 is 0. The first-order valence-corrected chi connectivity index (χ1v) is 5.62. The molecular formula is C11H21NO3. The lowest BCUT2D eigenvalue weighted by Crippen LogP contribution is -2.38. The predicted octanol–water partition coefficient (Wildman–Crippen LogP) is 0.689. The fraction of sp³-hybridized carbons (Fsp3) is 0.909. The summed E-state index contributed by atoms with van der Waals surface area (Å²) in [7, 11) is 1.40. The number of rotatable bonds is 4. The average Bonchev–Trinajstić information content (AvgIpc) is 2.26. The van der Waals surface area contributed by atoms with Crippen molar-refractivity contribution in [3.05, 3.63) is 0 Å². The molecule has 0 heterocycles. The Morgan fingerprint density at radius 3 is 2.60 bits per heavy atom. The van der Waals surface area contributed by atoms with Crippen molar-refractivity contribution < 1.29 is 14.6 Å². The summed E-state index contributed by atoms with van der Waals surface area (Å²) in [4.78, 5) is 11.1. The molecule has 1 unspecified atom stereocenters. The van der Waals surface area contributed by atoms with E-state index in [2.05, 4.69) is 10.1 Å². The molecule has 0 amide bonds. The third-order valence-corrected chi connectivity index (χ3v) is 3.08. The Morgan fingerprint density at radius 1 is 1.47 bits per heavy atom. The Labute approximate surface area is 91.0 Å². The maximum absolute atomic E-state index is 11.1. The molecule has 0 spiro atoms. The van der Waals surface area contributed by atoms with E-state index in [1.165, 1.54) is 7.11 Å². The molecule has 0 radical (unpaired) electrons. The molecule has 4 heteroatoms. The van der Waals surface area contributed by atoms with Crippen molar-refractivity contribution in [3.63, 3.8) is 0 Å². The number of aliphatic hydroxyl groups is 1. The first-order chi connectivity index (χ1) is 7.13. The maximum Gasteiger partial charge on any atom is 0.322 e. The summed E-state index contributed by atoms with van der Waals surface area (Å²) in [5.41, 5.74) is 0. The highest BCUT2D eigenvalue weighted by Gasteiger charge is 2.20. The molecule has 1 atom stereocenters. The van der Waals surface area contributed by atoms with Gasteiger partial charge < -0.3 is 15.2 Å². The molecule has 4 nitrogen and oxygen atoms in total. The molecule has 1 saturated carbocycles. The van der Waals surface area contributed by atoms with Crippen LogP contribution in [0, 0.1) is 5.92 Å². The third kappa shape index (κ3) is 4.18. The quantitative estimate of drug-likeness (QED) is 0.677. The van der Waals surface area contributed by atoms with Crippen molar-refractivity contribution in [3.8, 4) is 0 Å². The van der Waals surface area contributed by atoms with Gasteiger partial charge in [0.15, 0.2) is 0 Å². The smallest absolute Gasteiger partial charge is 0.322 e. The molecule has 1 fully saturated rings. The van der Waals surface area contributed by atoms with Crippen LogP contribution < -0.4 is 5.32 Å². The van der Waals surface area contributed by atoms with Gasteiger partial charge in [-0.25, -0.2) is 0 Å². The molecule has 2 N–H and O–H groups in total. The minimum Gasteiger partial charge on any atom is -0.468 e. The summed E-state index contributed by atoms with van der Waals surface area (Å²) in [6.07, 6.45) is 3.75. The molecule has 0 bridgehead atoms. The molecular weight excluding hydrogens is 194 g/mol. The molecule has 0 saturated heterocycles.